The Kier molecular flexibility index (Phi) is 6.74. The van der Waals surface area contributed by atoms with Crippen LogP contribution in [0.2, 0.25) is 10.0 Å². The summed E-state index contributed by atoms with van der Waals surface area (Å²) >= 11 is 12.4. The highest BCUT2D eigenvalue weighted by Gasteiger charge is 2.34. The van der Waals surface area contributed by atoms with Crippen molar-refractivity contribution in [2.45, 2.75) is 6.04 Å². The van der Waals surface area contributed by atoms with E-state index in [0.717, 1.165) is 24.2 Å². The summed E-state index contributed by atoms with van der Waals surface area (Å²) in [6.45, 7) is 5.31. The van der Waals surface area contributed by atoms with Crippen molar-refractivity contribution in [2.75, 3.05) is 57.4 Å². The van der Waals surface area contributed by atoms with E-state index in [2.05, 4.69) is 14.8 Å². The number of hydrogen-bond donors (Lipinski definition) is 0. The van der Waals surface area contributed by atoms with Gasteiger partial charge in [-0.3, -0.25) is 9.69 Å². The zero-order valence-electron chi connectivity index (χ0n) is 18.6. The lowest BCUT2D eigenvalue weighted by Gasteiger charge is -2.44. The topological polar surface area (TPSA) is 70.9 Å². The van der Waals surface area contributed by atoms with Gasteiger partial charge in [-0.15, -0.1) is 0 Å². The molecule has 0 aliphatic carbocycles. The number of morpholine rings is 1. The van der Waals surface area contributed by atoms with Crippen molar-refractivity contribution in [3.05, 3.63) is 69.1 Å². The van der Waals surface area contributed by atoms with Gasteiger partial charge in [-0.2, -0.15) is 0 Å². The van der Waals surface area contributed by atoms with Crippen LogP contribution in [0.1, 0.15) is 0 Å². The van der Waals surface area contributed by atoms with Crippen molar-refractivity contribution in [3.63, 3.8) is 0 Å². The summed E-state index contributed by atoms with van der Waals surface area (Å²) in [5.41, 5.74) is 0.947. The molecule has 5 rings (SSSR count). The zero-order chi connectivity index (χ0) is 23.7. The number of nitrogens with zero attached hydrogens (tertiary/aromatic N) is 5. The number of carbonyl (C=O) groups is 1. The van der Waals surface area contributed by atoms with E-state index in [4.69, 9.17) is 27.9 Å². The zero-order valence-corrected chi connectivity index (χ0v) is 20.1. The van der Waals surface area contributed by atoms with Gasteiger partial charge in [0.05, 0.1) is 29.3 Å². The second-order valence-electron chi connectivity index (χ2n) is 8.51. The molecule has 2 aliphatic rings. The highest BCUT2D eigenvalue weighted by Crippen LogP contribution is 2.29. The Hall–Kier alpha value is -2.65. The highest BCUT2D eigenvalue weighted by molar-refractivity contribution is 6.42. The lowest BCUT2D eigenvalue weighted by molar-refractivity contribution is 0.0252. The number of rotatable bonds is 3. The van der Waals surface area contributed by atoms with Crippen LogP contribution in [-0.4, -0.2) is 83.9 Å². The number of amides is 1. The summed E-state index contributed by atoms with van der Waals surface area (Å²) < 4.78 is 6.69. The van der Waals surface area contributed by atoms with E-state index in [9.17, 15) is 9.59 Å². The number of aromatic nitrogens is 2. The summed E-state index contributed by atoms with van der Waals surface area (Å²) in [4.78, 5) is 37.2. The van der Waals surface area contributed by atoms with Crippen LogP contribution >= 0.6 is 23.2 Å². The molecule has 0 radical (unpaired) electrons. The monoisotopic (exact) mass is 501 g/mol. The summed E-state index contributed by atoms with van der Waals surface area (Å²) in [5, 5.41) is 1.75. The molecule has 0 N–H and O–H groups in total. The van der Waals surface area contributed by atoms with Gasteiger partial charge in [0, 0.05) is 62.6 Å². The van der Waals surface area contributed by atoms with Crippen molar-refractivity contribution in [3.8, 4) is 0 Å². The molecule has 2 fully saturated rings. The molecule has 2 aliphatic heterocycles. The van der Waals surface area contributed by atoms with E-state index in [1.54, 1.807) is 29.3 Å². The van der Waals surface area contributed by atoms with Crippen LogP contribution in [0.3, 0.4) is 0 Å². The Balaban J connectivity index is 1.46. The van der Waals surface area contributed by atoms with Crippen LogP contribution in [0.4, 0.5) is 10.5 Å². The molecular formula is C24H25Cl2N5O3. The molecule has 10 heteroatoms. The number of anilines is 1. The van der Waals surface area contributed by atoms with Crippen LogP contribution in [0.15, 0.2) is 53.5 Å². The van der Waals surface area contributed by atoms with Gasteiger partial charge < -0.3 is 14.5 Å². The van der Waals surface area contributed by atoms with E-state index >= 15 is 0 Å². The second kappa shape index (κ2) is 9.92. The first-order valence-electron chi connectivity index (χ1n) is 11.3. The van der Waals surface area contributed by atoms with E-state index in [-0.39, 0.29) is 17.6 Å². The van der Waals surface area contributed by atoms with Gasteiger partial charge in [0.2, 0.25) is 0 Å². The maximum atomic E-state index is 13.8. The molecule has 34 heavy (non-hydrogen) atoms. The lowest BCUT2D eigenvalue weighted by Crippen LogP contribution is -2.61. The van der Waals surface area contributed by atoms with Crippen molar-refractivity contribution in [1.29, 1.82) is 0 Å². The maximum absolute atomic E-state index is 13.8. The molecule has 8 nitrogen and oxygen atoms in total. The van der Waals surface area contributed by atoms with Gasteiger partial charge in [-0.25, -0.2) is 14.3 Å². The number of carbonyl (C=O) groups excluding carboxylic acids is 1. The van der Waals surface area contributed by atoms with Gasteiger partial charge >= 0.3 is 6.03 Å². The summed E-state index contributed by atoms with van der Waals surface area (Å²) in [7, 11) is 0. The third kappa shape index (κ3) is 4.63. The predicted octanol–water partition coefficient (Wildman–Crippen LogP) is 3.19. The Bertz CT molecular complexity index is 1260. The van der Waals surface area contributed by atoms with Gasteiger partial charge in [0.15, 0.2) is 5.65 Å². The molecule has 3 aromatic rings. The minimum Gasteiger partial charge on any atom is -0.379 e. The largest absolute Gasteiger partial charge is 0.379 e. The Morgan fingerprint density at radius 3 is 2.65 bits per heavy atom. The molecule has 4 heterocycles. The molecule has 0 spiro atoms. The summed E-state index contributed by atoms with van der Waals surface area (Å²) in [5.74, 6) is 0. The van der Waals surface area contributed by atoms with Gasteiger partial charge in [-0.05, 0) is 36.4 Å². The van der Waals surface area contributed by atoms with E-state index < -0.39 is 0 Å². The van der Waals surface area contributed by atoms with Gasteiger partial charge in [0.25, 0.3) is 5.56 Å². The first kappa shape index (κ1) is 23.1. The molecule has 178 valence electrons. The quantitative estimate of drug-likeness (QED) is 0.548. The average molecular weight is 502 g/mol. The first-order valence-corrected chi connectivity index (χ1v) is 12.0. The van der Waals surface area contributed by atoms with Crippen LogP contribution in [0, 0.1) is 0 Å². The number of hydrogen-bond acceptors (Lipinski definition) is 6. The number of halogens is 2. The maximum Gasteiger partial charge on any atom is 0.333 e. The van der Waals surface area contributed by atoms with E-state index in [1.165, 1.54) is 10.6 Å². The minimum absolute atomic E-state index is 0.139. The molecule has 1 atom stereocenters. The molecule has 1 aromatic carbocycles. The third-order valence-corrected chi connectivity index (χ3v) is 7.15. The Morgan fingerprint density at radius 2 is 1.85 bits per heavy atom. The molecule has 2 saturated heterocycles. The van der Waals surface area contributed by atoms with Gasteiger partial charge in [0.1, 0.15) is 0 Å². The molecular weight excluding hydrogens is 477 g/mol. The van der Waals surface area contributed by atoms with E-state index in [0.29, 0.717) is 55.1 Å². The SMILES string of the molecule is O=C(N1CCN(c2ccc(Cl)c(Cl)c2)CC1CN1CCOCC1)n1c(=O)ccc2cccnc21. The lowest BCUT2D eigenvalue weighted by atomic mass is 10.1. The molecule has 0 bridgehead atoms. The Morgan fingerprint density at radius 1 is 1.03 bits per heavy atom. The number of pyridine rings is 2. The number of ether oxygens (including phenoxy) is 1. The minimum atomic E-state index is -0.381. The summed E-state index contributed by atoms with van der Waals surface area (Å²) in [6, 6.07) is 11.9. The van der Waals surface area contributed by atoms with E-state index in [1.807, 2.05) is 18.2 Å². The number of benzene rings is 1. The fourth-order valence-corrected chi connectivity index (χ4v) is 4.93. The molecule has 1 unspecified atom stereocenters. The van der Waals surface area contributed by atoms with Gasteiger partial charge in [-0.1, -0.05) is 23.2 Å². The Labute approximate surface area is 207 Å². The summed E-state index contributed by atoms with van der Waals surface area (Å²) in [6.07, 6.45) is 1.60. The normalized spacial score (nSPS) is 19.5. The standard InChI is InChI=1S/C24H25Cl2N5O3/c25-20-5-4-18(14-21(20)26)29-8-9-30(19(16-29)15-28-10-12-34-13-11-28)24(33)31-22(32)6-3-17-2-1-7-27-23(17)31/h1-7,14,19H,8-13,15-16H2. The molecule has 2 aromatic heterocycles. The predicted molar refractivity (Wildman–Crippen MR) is 133 cm³/mol. The van der Waals surface area contributed by atoms with Crippen molar-refractivity contribution < 1.29 is 9.53 Å². The second-order valence-corrected chi connectivity index (χ2v) is 9.32. The molecule has 0 saturated carbocycles. The molecule has 1 amide bonds. The highest BCUT2D eigenvalue weighted by atomic mass is 35.5. The van der Waals surface area contributed by atoms with Crippen molar-refractivity contribution in [2.24, 2.45) is 0 Å². The van der Waals surface area contributed by atoms with Crippen molar-refractivity contribution in [1.82, 2.24) is 19.4 Å². The number of fused-ring (bicyclic) bond motifs is 1. The first-order chi connectivity index (χ1) is 16.5. The smallest absolute Gasteiger partial charge is 0.333 e. The fraction of sp³-hybridized carbons (Fsp3) is 0.375. The fourth-order valence-electron chi connectivity index (χ4n) is 4.64. The van der Waals surface area contributed by atoms with Crippen LogP contribution < -0.4 is 10.5 Å². The average Bonchev–Trinajstić information content (AvgIpc) is 2.86. The van der Waals surface area contributed by atoms with Crippen LogP contribution in [0.25, 0.3) is 11.0 Å². The number of piperazine rings is 1. The van der Waals surface area contributed by atoms with Crippen LogP contribution in [0.5, 0.6) is 0 Å². The van der Waals surface area contributed by atoms with Crippen LogP contribution in [-0.2, 0) is 4.74 Å². The third-order valence-electron chi connectivity index (χ3n) is 6.42. The van der Waals surface area contributed by atoms with Crippen molar-refractivity contribution >= 4 is 46.0 Å².